The van der Waals surface area contributed by atoms with Gasteiger partial charge in [0.25, 0.3) is 0 Å². The first-order valence-corrected chi connectivity index (χ1v) is 11.0. The Hall–Kier alpha value is -2.66. The van der Waals surface area contributed by atoms with Crippen LogP contribution in [0, 0.1) is 17.3 Å². The SMILES string of the molecule is COC(=O)[C@@]12[C@@H]3[C@@H]([C@H]4c5ccccc5[C@@H]3C4(C)C)[C@]1(C(=O)OC)N2Cc1ccccc1. The van der Waals surface area contributed by atoms with E-state index in [0.717, 1.165) is 5.56 Å². The van der Waals surface area contributed by atoms with Crippen molar-refractivity contribution < 1.29 is 19.1 Å². The molecule has 2 aromatic carbocycles. The van der Waals surface area contributed by atoms with Crippen LogP contribution in [0.25, 0.3) is 0 Å². The van der Waals surface area contributed by atoms with Gasteiger partial charge in [0.05, 0.1) is 14.2 Å². The van der Waals surface area contributed by atoms with Crippen LogP contribution in [0.2, 0.25) is 0 Å². The monoisotopic (exact) mass is 417 g/mol. The second-order valence-corrected chi connectivity index (χ2v) is 10.0. The van der Waals surface area contributed by atoms with Crippen molar-refractivity contribution in [2.24, 2.45) is 17.3 Å². The van der Waals surface area contributed by atoms with E-state index >= 15 is 0 Å². The lowest BCUT2D eigenvalue weighted by atomic mass is 9.51. The predicted molar refractivity (Wildman–Crippen MR) is 114 cm³/mol. The number of fused-ring (bicyclic) bond motifs is 11. The van der Waals surface area contributed by atoms with Crippen molar-refractivity contribution >= 4 is 11.9 Å². The maximum absolute atomic E-state index is 13.5. The Morgan fingerprint density at radius 2 is 1.26 bits per heavy atom. The molecule has 6 rings (SSSR count). The van der Waals surface area contributed by atoms with Gasteiger partial charge in [0.15, 0.2) is 11.1 Å². The van der Waals surface area contributed by atoms with Gasteiger partial charge in [-0.3, -0.25) is 4.90 Å². The topological polar surface area (TPSA) is 55.6 Å². The number of methoxy groups -OCH3 is 2. The Morgan fingerprint density at radius 1 is 0.806 bits per heavy atom. The highest BCUT2D eigenvalue weighted by atomic mass is 16.5. The van der Waals surface area contributed by atoms with E-state index in [4.69, 9.17) is 9.47 Å². The number of hydrogen-bond donors (Lipinski definition) is 0. The van der Waals surface area contributed by atoms with Gasteiger partial charge in [-0.2, -0.15) is 0 Å². The molecular formula is C26H27NO4. The average molecular weight is 418 g/mol. The molecule has 0 spiro atoms. The fourth-order valence-electron chi connectivity index (χ4n) is 8.16. The quantitative estimate of drug-likeness (QED) is 0.433. The third-order valence-electron chi connectivity index (χ3n) is 8.90. The van der Waals surface area contributed by atoms with Crippen LogP contribution in [-0.2, 0) is 25.6 Å². The zero-order valence-corrected chi connectivity index (χ0v) is 18.3. The molecule has 0 N–H and O–H groups in total. The molecule has 3 fully saturated rings. The summed E-state index contributed by atoms with van der Waals surface area (Å²) < 4.78 is 10.7. The fraction of sp³-hybridized carbons (Fsp3) is 0.462. The third-order valence-corrected chi connectivity index (χ3v) is 8.90. The molecule has 2 bridgehead atoms. The van der Waals surface area contributed by atoms with Crippen molar-refractivity contribution in [2.45, 2.75) is 43.3 Å². The van der Waals surface area contributed by atoms with Crippen LogP contribution < -0.4 is 0 Å². The Morgan fingerprint density at radius 3 is 1.71 bits per heavy atom. The second-order valence-electron chi connectivity index (χ2n) is 10.0. The highest BCUT2D eigenvalue weighted by Crippen LogP contribution is 2.88. The Labute approximate surface area is 182 Å². The molecule has 3 aliphatic carbocycles. The summed E-state index contributed by atoms with van der Waals surface area (Å²) >= 11 is 0. The number of hydrogen-bond acceptors (Lipinski definition) is 5. The number of esters is 2. The molecule has 1 saturated heterocycles. The summed E-state index contributed by atoms with van der Waals surface area (Å²) in [7, 11) is 2.86. The van der Waals surface area contributed by atoms with Crippen LogP contribution in [0.3, 0.4) is 0 Å². The molecular weight excluding hydrogens is 390 g/mol. The van der Waals surface area contributed by atoms with Gasteiger partial charge in [-0.1, -0.05) is 68.4 Å². The first-order valence-electron chi connectivity index (χ1n) is 11.0. The standard InChI is InChI=1S/C26H27NO4/c1-24(2)18-16-12-8-9-13-17(16)19(24)21-20(18)25(22(28)30-3)26(21,23(29)31-4)27(25)14-15-10-6-5-7-11-15/h5-13,18-21H,14H2,1-4H3/t18-,19+,20-,21+,25-,26+,27?. The van der Waals surface area contributed by atoms with Crippen molar-refractivity contribution in [2.75, 3.05) is 14.2 Å². The maximum Gasteiger partial charge on any atom is 0.329 e. The van der Waals surface area contributed by atoms with Crippen LogP contribution in [0.15, 0.2) is 54.6 Å². The second kappa shape index (κ2) is 5.77. The number of nitrogens with zero attached hydrogens (tertiary/aromatic N) is 1. The van der Waals surface area contributed by atoms with Crippen molar-refractivity contribution in [1.82, 2.24) is 4.90 Å². The fourth-order valence-corrected chi connectivity index (χ4v) is 8.16. The van der Waals surface area contributed by atoms with Crippen molar-refractivity contribution in [3.05, 3.63) is 71.3 Å². The normalized spacial score (nSPS) is 39.5. The lowest BCUT2D eigenvalue weighted by Gasteiger charge is -2.48. The van der Waals surface area contributed by atoms with E-state index in [0.29, 0.717) is 6.54 Å². The summed E-state index contributed by atoms with van der Waals surface area (Å²) in [4.78, 5) is 29.0. The van der Waals surface area contributed by atoms with Gasteiger partial charge < -0.3 is 9.47 Å². The molecule has 1 heterocycles. The average Bonchev–Trinajstić information content (AvgIpc) is 3.10. The highest BCUT2D eigenvalue weighted by Gasteiger charge is 3.02. The highest BCUT2D eigenvalue weighted by molar-refractivity contribution is 6.06. The lowest BCUT2D eigenvalue weighted by molar-refractivity contribution is -0.162. The minimum Gasteiger partial charge on any atom is -0.468 e. The van der Waals surface area contributed by atoms with Crippen molar-refractivity contribution in [1.29, 1.82) is 0 Å². The summed E-state index contributed by atoms with van der Waals surface area (Å²) in [6.07, 6.45) is 0. The van der Waals surface area contributed by atoms with E-state index in [1.165, 1.54) is 25.3 Å². The van der Waals surface area contributed by atoms with E-state index in [2.05, 4.69) is 43.0 Å². The summed E-state index contributed by atoms with van der Waals surface area (Å²) in [6, 6.07) is 18.6. The van der Waals surface area contributed by atoms with Gasteiger partial charge in [0.1, 0.15) is 0 Å². The molecule has 1 aliphatic heterocycles. The van der Waals surface area contributed by atoms with Gasteiger partial charge in [0, 0.05) is 18.4 Å². The van der Waals surface area contributed by atoms with E-state index < -0.39 is 11.1 Å². The van der Waals surface area contributed by atoms with Crippen LogP contribution in [0.1, 0.15) is 42.4 Å². The zero-order valence-electron chi connectivity index (χ0n) is 18.3. The van der Waals surface area contributed by atoms with Crippen LogP contribution in [-0.4, -0.2) is 42.1 Å². The van der Waals surface area contributed by atoms with E-state index in [9.17, 15) is 9.59 Å². The minimum atomic E-state index is -0.959. The minimum absolute atomic E-state index is 0.0348. The van der Waals surface area contributed by atoms with Crippen LogP contribution in [0.5, 0.6) is 0 Å². The molecule has 0 aromatic heterocycles. The molecule has 1 unspecified atom stereocenters. The molecule has 5 nitrogen and oxygen atoms in total. The van der Waals surface area contributed by atoms with Gasteiger partial charge in [-0.15, -0.1) is 0 Å². The molecule has 2 saturated carbocycles. The molecule has 7 atom stereocenters. The summed E-state index contributed by atoms with van der Waals surface area (Å²) in [6.45, 7) is 5.10. The Kier molecular flexibility index (Phi) is 3.55. The third kappa shape index (κ3) is 1.78. The molecule has 160 valence electrons. The summed E-state index contributed by atoms with van der Waals surface area (Å²) in [5, 5.41) is 0. The molecule has 2 aromatic rings. The Bertz CT molecular complexity index is 1050. The van der Waals surface area contributed by atoms with Crippen LogP contribution in [0.4, 0.5) is 0 Å². The summed E-state index contributed by atoms with van der Waals surface area (Å²) in [5.74, 6) is -0.130. The zero-order chi connectivity index (χ0) is 21.8. The van der Waals surface area contributed by atoms with E-state index in [-0.39, 0.29) is 41.0 Å². The van der Waals surface area contributed by atoms with Crippen LogP contribution >= 0.6 is 0 Å². The first kappa shape index (κ1) is 19.1. The largest absolute Gasteiger partial charge is 0.468 e. The van der Waals surface area contributed by atoms with Gasteiger partial charge in [-0.05, 0) is 33.9 Å². The number of likely N-dealkylation sites (tertiary alicyclic amines) is 1. The van der Waals surface area contributed by atoms with Gasteiger partial charge >= 0.3 is 11.9 Å². The molecule has 31 heavy (non-hydrogen) atoms. The molecule has 0 amide bonds. The van der Waals surface area contributed by atoms with E-state index in [1.807, 2.05) is 30.3 Å². The maximum atomic E-state index is 13.5. The van der Waals surface area contributed by atoms with Gasteiger partial charge in [0.2, 0.25) is 0 Å². The number of ether oxygens (including phenoxy) is 2. The van der Waals surface area contributed by atoms with Crippen molar-refractivity contribution in [3.8, 4) is 0 Å². The van der Waals surface area contributed by atoms with E-state index in [1.54, 1.807) is 0 Å². The smallest absolute Gasteiger partial charge is 0.329 e. The summed E-state index contributed by atoms with van der Waals surface area (Å²) in [5.41, 5.74) is 1.77. The number of benzene rings is 2. The number of carbonyl (C=O) groups is 2. The molecule has 0 radical (unpaired) electrons. The predicted octanol–water partition coefficient (Wildman–Crippen LogP) is 3.49. The van der Waals surface area contributed by atoms with Crippen molar-refractivity contribution in [3.63, 3.8) is 0 Å². The number of rotatable bonds is 4. The molecule has 5 heteroatoms. The number of carbonyl (C=O) groups excluding carboxylic acids is 2. The van der Waals surface area contributed by atoms with Gasteiger partial charge in [-0.25, -0.2) is 9.59 Å². The molecule has 4 aliphatic rings. The Balaban J connectivity index is 1.55. The first-order chi connectivity index (χ1) is 14.9. The lowest BCUT2D eigenvalue weighted by Crippen LogP contribution is -2.64.